The maximum absolute atomic E-state index is 6.53. The van der Waals surface area contributed by atoms with E-state index < -0.39 is 11.6 Å². The van der Waals surface area contributed by atoms with Crippen molar-refractivity contribution in [2.24, 2.45) is 0 Å². The van der Waals surface area contributed by atoms with Gasteiger partial charge in [0.2, 0.25) is 0 Å². The molecule has 5 rings (SSSR count). The third-order valence-electron chi connectivity index (χ3n) is 5.93. The fourth-order valence-corrected chi connectivity index (χ4v) is 4.78. The summed E-state index contributed by atoms with van der Waals surface area (Å²) in [7, 11) is 0. The van der Waals surface area contributed by atoms with Crippen LogP contribution in [0.5, 0.6) is 0 Å². The predicted molar refractivity (Wildman–Crippen MR) is 100 cm³/mol. The van der Waals surface area contributed by atoms with E-state index in [9.17, 15) is 0 Å². The molecule has 0 radical (unpaired) electrons. The number of hydrogen-bond donors (Lipinski definition) is 0. The smallest absolute Gasteiger partial charge is 0.164 e. The van der Waals surface area contributed by atoms with Crippen LogP contribution in [0.2, 0.25) is 0 Å². The Kier molecular flexibility index (Phi) is 4.05. The highest BCUT2D eigenvalue weighted by Gasteiger charge is 2.59. The average molecular weight is 372 g/mol. The molecule has 3 aliphatic heterocycles. The van der Waals surface area contributed by atoms with Crippen LogP contribution in [0, 0.1) is 0 Å². The monoisotopic (exact) mass is 372 g/mol. The molecule has 5 atom stereocenters. The number of hydrogen-bond acceptors (Lipinski definition) is 5. The van der Waals surface area contributed by atoms with Crippen molar-refractivity contribution in [2.75, 3.05) is 6.61 Å². The second-order valence-corrected chi connectivity index (χ2v) is 8.87. The van der Waals surface area contributed by atoms with E-state index in [0.717, 1.165) is 12.8 Å². The van der Waals surface area contributed by atoms with Crippen molar-refractivity contribution in [1.82, 2.24) is 0 Å². The lowest BCUT2D eigenvalue weighted by Crippen LogP contribution is -2.40. The van der Waals surface area contributed by atoms with E-state index in [0.29, 0.717) is 6.61 Å². The number of rotatable bonds is 2. The Hall–Kier alpha value is -1.24. The van der Waals surface area contributed by atoms with Gasteiger partial charge in [0.1, 0.15) is 30.5 Å². The summed E-state index contributed by atoms with van der Waals surface area (Å²) < 4.78 is 30.9. The summed E-state index contributed by atoms with van der Waals surface area (Å²) >= 11 is 0. The quantitative estimate of drug-likeness (QED) is 0.796. The number of ether oxygens (including phenoxy) is 5. The Balaban J connectivity index is 1.44. The van der Waals surface area contributed by atoms with Crippen LogP contribution in [-0.4, -0.2) is 48.7 Å². The predicted octanol–water partition coefficient (Wildman–Crippen LogP) is 3.46. The van der Waals surface area contributed by atoms with Gasteiger partial charge in [0, 0.05) is 0 Å². The molecule has 3 saturated heterocycles. The topological polar surface area (TPSA) is 46.2 Å². The average Bonchev–Trinajstić information content (AvgIpc) is 3.24. The molecule has 27 heavy (non-hydrogen) atoms. The first-order chi connectivity index (χ1) is 12.8. The van der Waals surface area contributed by atoms with Gasteiger partial charge < -0.3 is 23.7 Å². The fraction of sp³-hybridized carbons (Fsp3) is 0.636. The Morgan fingerprint density at radius 3 is 2.41 bits per heavy atom. The molecule has 5 heteroatoms. The van der Waals surface area contributed by atoms with Gasteiger partial charge in [-0.1, -0.05) is 30.3 Å². The standard InChI is InChI=1S/C22H28O5/c1-21(2)23-12-16(25-21)18-20-19(26-22(3,4)27-20)17(24-18)15-10-9-13-7-5-6-8-14(13)11-15/h5-8,11,16-20H,9-10,12H2,1-4H3/t16-,17-,18-,19-,20+/m1/s1. The van der Waals surface area contributed by atoms with Crippen LogP contribution in [0.3, 0.4) is 0 Å². The van der Waals surface area contributed by atoms with Crippen LogP contribution in [0.4, 0.5) is 0 Å². The Morgan fingerprint density at radius 1 is 0.852 bits per heavy atom. The molecule has 4 aliphatic rings. The van der Waals surface area contributed by atoms with Crippen LogP contribution in [-0.2, 0) is 30.1 Å². The lowest BCUT2D eigenvalue weighted by molar-refractivity contribution is -0.203. The van der Waals surface area contributed by atoms with Gasteiger partial charge >= 0.3 is 0 Å². The maximum Gasteiger partial charge on any atom is 0.164 e. The summed E-state index contributed by atoms with van der Waals surface area (Å²) in [5, 5.41) is 0. The van der Waals surface area contributed by atoms with E-state index in [4.69, 9.17) is 23.7 Å². The largest absolute Gasteiger partial charge is 0.362 e. The van der Waals surface area contributed by atoms with E-state index in [1.165, 1.54) is 16.7 Å². The van der Waals surface area contributed by atoms with Crippen LogP contribution in [0.25, 0.3) is 6.08 Å². The molecule has 3 fully saturated rings. The molecule has 3 heterocycles. The van der Waals surface area contributed by atoms with Crippen LogP contribution < -0.4 is 0 Å². The van der Waals surface area contributed by atoms with Crippen molar-refractivity contribution >= 4 is 6.08 Å². The van der Waals surface area contributed by atoms with E-state index in [1.807, 2.05) is 27.7 Å². The third-order valence-corrected chi connectivity index (χ3v) is 5.93. The second kappa shape index (κ2) is 6.13. The number of benzene rings is 1. The van der Waals surface area contributed by atoms with Gasteiger partial charge in [-0.15, -0.1) is 0 Å². The molecule has 1 aromatic rings. The zero-order chi connectivity index (χ0) is 18.8. The first-order valence-corrected chi connectivity index (χ1v) is 9.93. The highest BCUT2D eigenvalue weighted by molar-refractivity contribution is 5.60. The minimum absolute atomic E-state index is 0.109. The van der Waals surface area contributed by atoms with Crippen molar-refractivity contribution in [2.45, 2.75) is 82.6 Å². The molecular formula is C22H28O5. The first kappa shape index (κ1) is 17.8. The number of fused-ring (bicyclic) bond motifs is 2. The maximum atomic E-state index is 6.53. The second-order valence-electron chi connectivity index (χ2n) is 8.87. The van der Waals surface area contributed by atoms with Crippen LogP contribution in [0.15, 0.2) is 29.8 Å². The summed E-state index contributed by atoms with van der Waals surface area (Å²) in [5.41, 5.74) is 3.96. The fourth-order valence-electron chi connectivity index (χ4n) is 4.78. The molecule has 1 aliphatic carbocycles. The van der Waals surface area contributed by atoms with Gasteiger partial charge in [-0.05, 0) is 57.2 Å². The van der Waals surface area contributed by atoms with Gasteiger partial charge in [0.15, 0.2) is 11.6 Å². The molecule has 0 bridgehead atoms. The molecule has 0 unspecified atom stereocenters. The van der Waals surface area contributed by atoms with Gasteiger partial charge in [0.25, 0.3) is 0 Å². The van der Waals surface area contributed by atoms with Gasteiger partial charge in [0.05, 0.1) is 6.61 Å². The summed E-state index contributed by atoms with van der Waals surface area (Å²) in [6.07, 6.45) is 3.57. The molecule has 0 saturated carbocycles. The van der Waals surface area contributed by atoms with E-state index in [1.54, 1.807) is 0 Å². The highest BCUT2D eigenvalue weighted by atomic mass is 16.8. The summed E-state index contributed by atoms with van der Waals surface area (Å²) in [4.78, 5) is 0. The van der Waals surface area contributed by atoms with E-state index in [-0.39, 0.29) is 30.5 Å². The lowest BCUT2D eigenvalue weighted by Gasteiger charge is -2.28. The van der Waals surface area contributed by atoms with Crippen molar-refractivity contribution in [3.05, 3.63) is 41.0 Å². The minimum atomic E-state index is -0.613. The lowest BCUT2D eigenvalue weighted by atomic mass is 9.88. The molecule has 1 aromatic carbocycles. The first-order valence-electron chi connectivity index (χ1n) is 9.93. The van der Waals surface area contributed by atoms with Crippen molar-refractivity contribution < 1.29 is 23.7 Å². The molecule has 0 amide bonds. The SMILES string of the molecule is CC1(C)O[C@@H]2[C@H](O1)[C@@H](C1=Cc3ccccc3CC1)O[C@@H]2[C@H]1COC(C)(C)O1. The molecular weight excluding hydrogens is 344 g/mol. The molecule has 0 spiro atoms. The zero-order valence-electron chi connectivity index (χ0n) is 16.4. The Bertz CT molecular complexity index is 768. The molecule has 0 aromatic heterocycles. The van der Waals surface area contributed by atoms with E-state index in [2.05, 4.69) is 30.3 Å². The zero-order valence-corrected chi connectivity index (χ0v) is 16.4. The third kappa shape index (κ3) is 3.15. The highest BCUT2D eigenvalue weighted by Crippen LogP contribution is 2.45. The summed E-state index contributed by atoms with van der Waals surface area (Å²) in [6.45, 7) is 8.33. The summed E-state index contributed by atoms with van der Waals surface area (Å²) in [5.74, 6) is -1.20. The van der Waals surface area contributed by atoms with Gasteiger partial charge in [-0.2, -0.15) is 0 Å². The van der Waals surface area contributed by atoms with Crippen molar-refractivity contribution in [1.29, 1.82) is 0 Å². The van der Waals surface area contributed by atoms with E-state index >= 15 is 0 Å². The van der Waals surface area contributed by atoms with Crippen LogP contribution in [0.1, 0.15) is 45.2 Å². The Morgan fingerprint density at radius 2 is 1.63 bits per heavy atom. The van der Waals surface area contributed by atoms with Gasteiger partial charge in [-0.3, -0.25) is 0 Å². The molecule has 5 nitrogen and oxygen atoms in total. The van der Waals surface area contributed by atoms with Gasteiger partial charge in [-0.25, -0.2) is 0 Å². The number of aryl methyl sites for hydroxylation is 1. The minimum Gasteiger partial charge on any atom is -0.362 e. The summed E-state index contributed by atoms with van der Waals surface area (Å²) in [6, 6.07) is 8.56. The molecule has 146 valence electrons. The van der Waals surface area contributed by atoms with Crippen molar-refractivity contribution in [3.63, 3.8) is 0 Å². The van der Waals surface area contributed by atoms with Crippen molar-refractivity contribution in [3.8, 4) is 0 Å². The molecule has 0 N–H and O–H groups in total. The van der Waals surface area contributed by atoms with Crippen LogP contribution >= 0.6 is 0 Å². The normalized spacial score (nSPS) is 39.1. The Labute approximate surface area is 160 Å².